The standard InChI is InChI=1S/C14H23N3O2S/c1-11(2)17-8-7-12(10-17)9-16-20(18,19)14-5-3-13(15)4-6-14/h3-6,11-12,16H,7-10,15H2,1-2H3. The van der Waals surface area contributed by atoms with Crippen molar-refractivity contribution in [1.29, 1.82) is 0 Å². The molecule has 20 heavy (non-hydrogen) atoms. The van der Waals surface area contributed by atoms with Crippen LogP contribution in [0.25, 0.3) is 0 Å². The summed E-state index contributed by atoms with van der Waals surface area (Å²) >= 11 is 0. The fourth-order valence-corrected chi connectivity index (χ4v) is 3.57. The fraction of sp³-hybridized carbons (Fsp3) is 0.571. The molecule has 1 aromatic carbocycles. The molecule has 1 unspecified atom stereocenters. The molecule has 1 fully saturated rings. The highest BCUT2D eigenvalue weighted by molar-refractivity contribution is 7.89. The predicted molar refractivity (Wildman–Crippen MR) is 80.9 cm³/mol. The van der Waals surface area contributed by atoms with Crippen LogP contribution in [-0.4, -0.2) is 39.0 Å². The van der Waals surface area contributed by atoms with Crippen LogP contribution in [0.5, 0.6) is 0 Å². The van der Waals surface area contributed by atoms with E-state index in [9.17, 15) is 8.42 Å². The van der Waals surface area contributed by atoms with Gasteiger partial charge in [-0.1, -0.05) is 0 Å². The van der Waals surface area contributed by atoms with Gasteiger partial charge in [-0.25, -0.2) is 13.1 Å². The zero-order valence-corrected chi connectivity index (χ0v) is 12.9. The fourth-order valence-electron chi connectivity index (χ4n) is 2.46. The number of nitrogens with two attached hydrogens (primary N) is 1. The summed E-state index contributed by atoms with van der Waals surface area (Å²) in [4.78, 5) is 2.65. The Kier molecular flexibility index (Phi) is 4.67. The lowest BCUT2D eigenvalue weighted by molar-refractivity contribution is 0.265. The Morgan fingerprint density at radius 2 is 2.00 bits per heavy atom. The second-order valence-corrected chi connectivity index (χ2v) is 7.43. The molecule has 1 heterocycles. The van der Waals surface area contributed by atoms with Crippen molar-refractivity contribution in [2.75, 3.05) is 25.4 Å². The van der Waals surface area contributed by atoms with E-state index in [1.165, 1.54) is 12.1 Å². The molecule has 0 spiro atoms. The van der Waals surface area contributed by atoms with Gasteiger partial charge in [0.15, 0.2) is 0 Å². The molecular formula is C14H23N3O2S. The molecule has 2 rings (SSSR count). The minimum atomic E-state index is -3.43. The molecule has 1 aromatic rings. The zero-order valence-electron chi connectivity index (χ0n) is 12.0. The summed E-state index contributed by atoms with van der Waals surface area (Å²) in [5, 5.41) is 0. The molecule has 0 saturated carbocycles. The lowest BCUT2D eigenvalue weighted by Gasteiger charge is -2.20. The van der Waals surface area contributed by atoms with Crippen molar-refractivity contribution in [2.24, 2.45) is 5.92 Å². The highest BCUT2D eigenvalue weighted by Gasteiger charge is 2.25. The van der Waals surface area contributed by atoms with E-state index < -0.39 is 10.0 Å². The molecule has 1 atom stereocenters. The van der Waals surface area contributed by atoms with Gasteiger partial charge in [0.25, 0.3) is 0 Å². The lowest BCUT2D eigenvalue weighted by Crippen LogP contribution is -2.33. The largest absolute Gasteiger partial charge is 0.399 e. The average molecular weight is 297 g/mol. The topological polar surface area (TPSA) is 75.4 Å². The molecule has 0 bridgehead atoms. The van der Waals surface area contributed by atoms with Crippen molar-refractivity contribution in [1.82, 2.24) is 9.62 Å². The van der Waals surface area contributed by atoms with Crippen molar-refractivity contribution < 1.29 is 8.42 Å². The van der Waals surface area contributed by atoms with Crippen molar-refractivity contribution in [3.63, 3.8) is 0 Å². The maximum atomic E-state index is 12.2. The number of benzene rings is 1. The molecule has 1 saturated heterocycles. The number of nitrogens with one attached hydrogen (secondary N) is 1. The molecule has 0 radical (unpaired) electrons. The SMILES string of the molecule is CC(C)N1CCC(CNS(=O)(=O)c2ccc(N)cc2)C1. The Labute approximate surface area is 121 Å². The Hall–Kier alpha value is -1.11. The van der Waals surface area contributed by atoms with E-state index in [1.807, 2.05) is 0 Å². The van der Waals surface area contributed by atoms with Crippen LogP contribution in [0.1, 0.15) is 20.3 Å². The Balaban J connectivity index is 1.92. The maximum absolute atomic E-state index is 12.2. The number of nitrogens with zero attached hydrogens (tertiary/aromatic N) is 1. The molecule has 0 aliphatic carbocycles. The highest BCUT2D eigenvalue weighted by Crippen LogP contribution is 2.19. The molecular weight excluding hydrogens is 274 g/mol. The van der Waals surface area contributed by atoms with E-state index in [0.29, 0.717) is 24.2 Å². The molecule has 112 valence electrons. The van der Waals surface area contributed by atoms with E-state index in [0.717, 1.165) is 19.5 Å². The summed E-state index contributed by atoms with van der Waals surface area (Å²) in [6.45, 7) is 6.84. The number of nitrogen functional groups attached to an aromatic ring is 1. The smallest absolute Gasteiger partial charge is 0.240 e. The van der Waals surface area contributed by atoms with Gasteiger partial charge in [0, 0.05) is 24.8 Å². The monoisotopic (exact) mass is 297 g/mol. The van der Waals surface area contributed by atoms with Crippen molar-refractivity contribution >= 4 is 15.7 Å². The Morgan fingerprint density at radius 3 is 2.55 bits per heavy atom. The van der Waals surface area contributed by atoms with Gasteiger partial charge in [-0.3, -0.25) is 0 Å². The van der Waals surface area contributed by atoms with E-state index >= 15 is 0 Å². The van der Waals surface area contributed by atoms with Crippen LogP contribution >= 0.6 is 0 Å². The van der Waals surface area contributed by atoms with Gasteiger partial charge < -0.3 is 10.6 Å². The molecule has 1 aliphatic rings. The summed E-state index contributed by atoms with van der Waals surface area (Å²) in [5.74, 6) is 0.390. The van der Waals surface area contributed by atoms with Gasteiger partial charge in [-0.05, 0) is 57.0 Å². The highest BCUT2D eigenvalue weighted by atomic mass is 32.2. The minimum Gasteiger partial charge on any atom is -0.399 e. The average Bonchev–Trinajstić information content (AvgIpc) is 2.86. The van der Waals surface area contributed by atoms with Gasteiger partial charge >= 0.3 is 0 Å². The van der Waals surface area contributed by atoms with Crippen molar-refractivity contribution in [3.05, 3.63) is 24.3 Å². The summed E-state index contributed by atoms with van der Waals surface area (Å²) < 4.78 is 27.0. The van der Waals surface area contributed by atoms with Crippen LogP contribution in [0.3, 0.4) is 0 Å². The Morgan fingerprint density at radius 1 is 1.35 bits per heavy atom. The third-order valence-electron chi connectivity index (χ3n) is 3.80. The number of sulfonamides is 1. The molecule has 0 aromatic heterocycles. The number of hydrogen-bond acceptors (Lipinski definition) is 4. The molecule has 0 amide bonds. The molecule has 1 aliphatic heterocycles. The molecule has 5 nitrogen and oxygen atoms in total. The van der Waals surface area contributed by atoms with Crippen LogP contribution in [0.4, 0.5) is 5.69 Å². The van der Waals surface area contributed by atoms with Crippen LogP contribution < -0.4 is 10.5 Å². The first-order chi connectivity index (χ1) is 9.38. The van der Waals surface area contributed by atoms with Gasteiger partial charge in [0.05, 0.1) is 4.90 Å². The van der Waals surface area contributed by atoms with E-state index in [4.69, 9.17) is 5.73 Å². The number of rotatable bonds is 5. The third kappa shape index (κ3) is 3.71. The maximum Gasteiger partial charge on any atom is 0.240 e. The minimum absolute atomic E-state index is 0.269. The van der Waals surface area contributed by atoms with E-state index in [1.54, 1.807) is 12.1 Å². The second-order valence-electron chi connectivity index (χ2n) is 5.66. The van der Waals surface area contributed by atoms with Crippen LogP contribution in [0.2, 0.25) is 0 Å². The van der Waals surface area contributed by atoms with Crippen LogP contribution in [0, 0.1) is 5.92 Å². The lowest BCUT2D eigenvalue weighted by atomic mass is 10.1. The van der Waals surface area contributed by atoms with Crippen molar-refractivity contribution in [2.45, 2.75) is 31.2 Å². The Bertz CT molecular complexity index is 540. The number of likely N-dealkylation sites (tertiary alicyclic amines) is 1. The summed E-state index contributed by atoms with van der Waals surface area (Å²) in [6, 6.07) is 6.79. The van der Waals surface area contributed by atoms with Crippen molar-refractivity contribution in [3.8, 4) is 0 Å². The normalized spacial score (nSPS) is 20.6. The van der Waals surface area contributed by atoms with Gasteiger partial charge in [-0.15, -0.1) is 0 Å². The predicted octanol–water partition coefficient (Wildman–Crippen LogP) is 1.28. The van der Waals surface area contributed by atoms with Gasteiger partial charge in [-0.2, -0.15) is 0 Å². The number of hydrogen-bond donors (Lipinski definition) is 2. The third-order valence-corrected chi connectivity index (χ3v) is 5.24. The first-order valence-corrected chi connectivity index (χ1v) is 8.46. The zero-order chi connectivity index (χ0) is 14.8. The summed E-state index contributed by atoms with van der Waals surface area (Å²) in [7, 11) is -3.43. The van der Waals surface area contributed by atoms with Gasteiger partial charge in [0.1, 0.15) is 0 Å². The molecule has 6 heteroatoms. The molecule has 3 N–H and O–H groups in total. The second kappa shape index (κ2) is 6.11. The van der Waals surface area contributed by atoms with Crippen LogP contribution in [-0.2, 0) is 10.0 Å². The van der Waals surface area contributed by atoms with Crippen LogP contribution in [0.15, 0.2) is 29.2 Å². The summed E-state index contributed by atoms with van der Waals surface area (Å²) in [5.41, 5.74) is 6.13. The number of anilines is 1. The van der Waals surface area contributed by atoms with E-state index in [-0.39, 0.29) is 4.90 Å². The first kappa shape index (κ1) is 15.3. The quantitative estimate of drug-likeness (QED) is 0.803. The van der Waals surface area contributed by atoms with Gasteiger partial charge in [0.2, 0.25) is 10.0 Å². The summed E-state index contributed by atoms with van der Waals surface area (Å²) in [6.07, 6.45) is 1.04. The van der Waals surface area contributed by atoms with E-state index in [2.05, 4.69) is 23.5 Å². The first-order valence-electron chi connectivity index (χ1n) is 6.98.